The summed E-state index contributed by atoms with van der Waals surface area (Å²) in [4.78, 5) is 13.9. The summed E-state index contributed by atoms with van der Waals surface area (Å²) in [6.07, 6.45) is 7.86. The maximum atomic E-state index is 9.56. The Labute approximate surface area is 89.0 Å². The molecule has 0 spiro atoms. The molecule has 0 N–H and O–H groups in total. The smallest absolute Gasteiger partial charge is 0.243 e. The lowest BCUT2D eigenvalue weighted by Crippen LogP contribution is -3.00. The lowest BCUT2D eigenvalue weighted by Gasteiger charge is -1.95. The Hall–Kier alpha value is -1.10. The lowest BCUT2D eigenvalue weighted by atomic mass is 10.3. The van der Waals surface area contributed by atoms with E-state index in [-0.39, 0.29) is 12.4 Å². The molecule has 1 aromatic rings. The number of aryl methyl sites for hydroxylation is 2. The monoisotopic (exact) mass is 219 g/mol. The third-order valence-electron chi connectivity index (χ3n) is 1.78. The zero-order valence-corrected chi connectivity index (χ0v) is 8.85. The van der Waals surface area contributed by atoms with Crippen LogP contribution in [0.4, 0.5) is 0 Å². The standard InChI is InChI=1S/C8H14N3O2.ClH/c1-10-5-6-11(8-10)4-2-3-7-13-9-12;/h5-6,8H,2-4,7H2,1H3;1H/q+1;/p-1. The number of rotatable bonds is 6. The Morgan fingerprint density at radius 2 is 2.29 bits per heavy atom. The molecule has 1 heterocycles. The van der Waals surface area contributed by atoms with Crippen LogP contribution in [0.5, 0.6) is 0 Å². The molecule has 1 rings (SSSR count). The predicted octanol–water partition coefficient (Wildman–Crippen LogP) is -2.21. The Balaban J connectivity index is 0.00000169. The van der Waals surface area contributed by atoms with Crippen LogP contribution in [0.25, 0.3) is 0 Å². The number of nitrogens with zero attached hydrogens (tertiary/aromatic N) is 3. The Kier molecular flexibility index (Phi) is 6.74. The van der Waals surface area contributed by atoms with Gasteiger partial charge in [0.25, 0.3) is 0 Å². The molecule has 0 saturated heterocycles. The van der Waals surface area contributed by atoms with Crippen LogP contribution >= 0.6 is 0 Å². The van der Waals surface area contributed by atoms with Crippen LogP contribution in [0.3, 0.4) is 0 Å². The molecule has 0 unspecified atom stereocenters. The van der Waals surface area contributed by atoms with Crippen molar-refractivity contribution in [1.29, 1.82) is 0 Å². The fourth-order valence-corrected chi connectivity index (χ4v) is 1.13. The fraction of sp³-hybridized carbons (Fsp3) is 0.625. The largest absolute Gasteiger partial charge is 1.00 e. The predicted molar refractivity (Wildman–Crippen MR) is 46.6 cm³/mol. The van der Waals surface area contributed by atoms with E-state index in [1.54, 1.807) is 0 Å². The highest BCUT2D eigenvalue weighted by Crippen LogP contribution is 1.94. The van der Waals surface area contributed by atoms with Crippen molar-refractivity contribution in [2.45, 2.75) is 19.4 Å². The van der Waals surface area contributed by atoms with Gasteiger partial charge in [-0.05, 0) is 12.8 Å². The SMILES string of the molecule is C[n+]1ccn(CCCCON=O)c1.[Cl-]. The fourth-order valence-electron chi connectivity index (χ4n) is 1.13. The van der Waals surface area contributed by atoms with Crippen LogP contribution in [0.2, 0.25) is 0 Å². The normalized spacial score (nSPS) is 9.21. The van der Waals surface area contributed by atoms with Gasteiger partial charge in [-0.1, -0.05) is 0 Å². The van der Waals surface area contributed by atoms with E-state index in [2.05, 4.69) is 14.7 Å². The van der Waals surface area contributed by atoms with Crippen LogP contribution in [0.1, 0.15) is 12.8 Å². The van der Waals surface area contributed by atoms with E-state index in [9.17, 15) is 4.91 Å². The van der Waals surface area contributed by atoms with Gasteiger partial charge in [0.1, 0.15) is 19.0 Å². The van der Waals surface area contributed by atoms with Crippen LogP contribution < -0.4 is 17.0 Å². The van der Waals surface area contributed by atoms with Crippen molar-refractivity contribution in [1.82, 2.24) is 4.57 Å². The van der Waals surface area contributed by atoms with Crippen LogP contribution in [-0.2, 0) is 18.4 Å². The van der Waals surface area contributed by atoms with Gasteiger partial charge in [0.15, 0.2) is 5.34 Å². The molecule has 0 radical (unpaired) electrons. The van der Waals surface area contributed by atoms with Crippen molar-refractivity contribution < 1.29 is 21.8 Å². The molecule has 0 aliphatic heterocycles. The highest BCUT2D eigenvalue weighted by molar-refractivity contribution is 4.65. The molecule has 0 atom stereocenters. The van der Waals surface area contributed by atoms with Crippen LogP contribution in [-0.4, -0.2) is 11.2 Å². The van der Waals surface area contributed by atoms with Gasteiger partial charge in [0.05, 0.1) is 13.6 Å². The zero-order valence-electron chi connectivity index (χ0n) is 8.10. The highest BCUT2D eigenvalue weighted by atomic mass is 35.5. The molecule has 80 valence electrons. The van der Waals surface area contributed by atoms with Gasteiger partial charge in [-0.2, -0.15) is 0 Å². The van der Waals surface area contributed by atoms with E-state index in [1.807, 2.05) is 30.3 Å². The van der Waals surface area contributed by atoms with Crippen molar-refractivity contribution in [3.8, 4) is 0 Å². The minimum atomic E-state index is 0. The molecule has 1 aromatic heterocycles. The second-order valence-corrected chi connectivity index (χ2v) is 2.93. The average molecular weight is 220 g/mol. The number of imidazole rings is 1. The minimum Gasteiger partial charge on any atom is -1.00 e. The second-order valence-electron chi connectivity index (χ2n) is 2.93. The van der Waals surface area contributed by atoms with Gasteiger partial charge >= 0.3 is 0 Å². The van der Waals surface area contributed by atoms with Gasteiger partial charge in [-0.15, -0.1) is 4.91 Å². The topological polar surface area (TPSA) is 47.5 Å². The number of hydrogen-bond acceptors (Lipinski definition) is 3. The number of unbranched alkanes of at least 4 members (excludes halogenated alkanes) is 1. The third-order valence-corrected chi connectivity index (χ3v) is 1.78. The maximum absolute atomic E-state index is 9.56. The molecule has 0 saturated carbocycles. The van der Waals surface area contributed by atoms with Crippen molar-refractivity contribution in [3.63, 3.8) is 0 Å². The van der Waals surface area contributed by atoms with E-state index in [0.29, 0.717) is 6.61 Å². The van der Waals surface area contributed by atoms with E-state index < -0.39 is 0 Å². The molecule has 0 aliphatic carbocycles. The molecule has 0 aliphatic rings. The van der Waals surface area contributed by atoms with E-state index in [4.69, 9.17) is 0 Å². The number of halogens is 1. The molecule has 0 bridgehead atoms. The van der Waals surface area contributed by atoms with Crippen molar-refractivity contribution in [2.75, 3.05) is 6.61 Å². The molecule has 0 amide bonds. The Bertz CT molecular complexity index is 265. The van der Waals surface area contributed by atoms with Crippen LogP contribution in [0, 0.1) is 4.91 Å². The van der Waals surface area contributed by atoms with E-state index >= 15 is 0 Å². The Morgan fingerprint density at radius 3 is 2.86 bits per heavy atom. The van der Waals surface area contributed by atoms with Gasteiger partial charge < -0.3 is 17.2 Å². The molecule has 0 fully saturated rings. The van der Waals surface area contributed by atoms with Crippen molar-refractivity contribution in [2.24, 2.45) is 12.4 Å². The van der Waals surface area contributed by atoms with Crippen molar-refractivity contribution >= 4 is 0 Å². The highest BCUT2D eigenvalue weighted by Gasteiger charge is 1.98. The lowest BCUT2D eigenvalue weighted by molar-refractivity contribution is -0.671. The second kappa shape index (κ2) is 7.32. The first kappa shape index (κ1) is 12.9. The van der Waals surface area contributed by atoms with Crippen LogP contribution in [0.15, 0.2) is 24.1 Å². The summed E-state index contributed by atoms with van der Waals surface area (Å²) in [5.41, 5.74) is 0. The van der Waals surface area contributed by atoms with E-state index in [1.165, 1.54) is 0 Å². The summed E-state index contributed by atoms with van der Waals surface area (Å²) in [6, 6.07) is 0. The van der Waals surface area contributed by atoms with E-state index in [0.717, 1.165) is 19.4 Å². The quantitative estimate of drug-likeness (QED) is 0.236. The van der Waals surface area contributed by atoms with Gasteiger partial charge in [0.2, 0.25) is 6.33 Å². The molecular weight excluding hydrogens is 206 g/mol. The molecule has 6 heteroatoms. The first-order chi connectivity index (χ1) is 6.33. The first-order valence-corrected chi connectivity index (χ1v) is 4.28. The zero-order chi connectivity index (χ0) is 9.52. The first-order valence-electron chi connectivity index (χ1n) is 4.28. The maximum Gasteiger partial charge on any atom is 0.243 e. The summed E-state index contributed by atoms with van der Waals surface area (Å²) in [5, 5.41) is 2.32. The summed E-state index contributed by atoms with van der Waals surface area (Å²) >= 11 is 0. The summed E-state index contributed by atoms with van der Waals surface area (Å²) in [5.74, 6) is 0. The molecule has 14 heavy (non-hydrogen) atoms. The van der Waals surface area contributed by atoms with Gasteiger partial charge in [-0.25, -0.2) is 9.13 Å². The molecule has 5 nitrogen and oxygen atoms in total. The third kappa shape index (κ3) is 4.81. The Morgan fingerprint density at radius 1 is 1.50 bits per heavy atom. The minimum absolute atomic E-state index is 0. The summed E-state index contributed by atoms with van der Waals surface area (Å²) in [6.45, 7) is 1.36. The number of aromatic nitrogens is 2. The van der Waals surface area contributed by atoms with Gasteiger partial charge in [-0.3, -0.25) is 0 Å². The summed E-state index contributed by atoms with van der Waals surface area (Å²) in [7, 11) is 1.98. The number of hydrogen-bond donors (Lipinski definition) is 0. The van der Waals surface area contributed by atoms with Gasteiger partial charge in [0, 0.05) is 0 Å². The summed E-state index contributed by atoms with van der Waals surface area (Å²) < 4.78 is 4.08. The molecule has 0 aromatic carbocycles. The molecular formula is C8H14ClN3O2. The van der Waals surface area contributed by atoms with Crippen molar-refractivity contribution in [3.05, 3.63) is 23.6 Å². The average Bonchev–Trinajstić information content (AvgIpc) is 2.51.